The van der Waals surface area contributed by atoms with E-state index in [9.17, 15) is 9.18 Å². The molecule has 0 unspecified atom stereocenters. The number of benzene rings is 1. The fraction of sp³-hybridized carbons (Fsp3) is 0.200. The van der Waals surface area contributed by atoms with Crippen LogP contribution in [0.25, 0.3) is 0 Å². The van der Waals surface area contributed by atoms with E-state index in [1.54, 1.807) is 18.2 Å². The molecule has 1 aromatic heterocycles. The van der Waals surface area contributed by atoms with Crippen LogP contribution in [0.3, 0.4) is 0 Å². The third kappa shape index (κ3) is 2.86. The summed E-state index contributed by atoms with van der Waals surface area (Å²) in [5, 5.41) is 12.3. The number of amides is 1. The minimum absolute atomic E-state index is 0.0481. The zero-order valence-electron chi connectivity index (χ0n) is 11.2. The molecule has 0 aliphatic heterocycles. The first-order valence-electron chi connectivity index (χ1n) is 6.06. The lowest BCUT2D eigenvalue weighted by Gasteiger charge is -2.04. The van der Waals surface area contributed by atoms with Crippen molar-refractivity contribution in [3.63, 3.8) is 0 Å². The number of anilines is 1. The second-order valence-corrected chi connectivity index (χ2v) is 5.64. The molecule has 1 amide bonds. The standard InChI is InChI=1S/C15H13FN2OS/c1-9-10(2)20-15(12(9)8-17)18-14(19)7-11-5-3-4-6-13(11)16/h3-6H,7H2,1-2H3,(H,18,19). The number of aryl methyl sites for hydroxylation is 1. The molecule has 0 saturated carbocycles. The highest BCUT2D eigenvalue weighted by atomic mass is 32.1. The van der Waals surface area contributed by atoms with E-state index >= 15 is 0 Å². The molecule has 0 spiro atoms. The highest BCUT2D eigenvalue weighted by molar-refractivity contribution is 7.16. The number of carbonyl (C=O) groups is 1. The fourth-order valence-electron chi connectivity index (χ4n) is 1.84. The van der Waals surface area contributed by atoms with Crippen LogP contribution in [0.2, 0.25) is 0 Å². The van der Waals surface area contributed by atoms with Crippen molar-refractivity contribution in [2.24, 2.45) is 0 Å². The van der Waals surface area contributed by atoms with Gasteiger partial charge in [-0.05, 0) is 31.0 Å². The summed E-state index contributed by atoms with van der Waals surface area (Å²) in [5.74, 6) is -0.727. The van der Waals surface area contributed by atoms with Gasteiger partial charge in [0.05, 0.1) is 12.0 Å². The van der Waals surface area contributed by atoms with Crippen LogP contribution in [0.15, 0.2) is 24.3 Å². The van der Waals surface area contributed by atoms with Crippen molar-refractivity contribution in [1.29, 1.82) is 5.26 Å². The first-order chi connectivity index (χ1) is 9.52. The maximum Gasteiger partial charge on any atom is 0.229 e. The smallest absolute Gasteiger partial charge is 0.229 e. The number of hydrogen-bond acceptors (Lipinski definition) is 3. The van der Waals surface area contributed by atoms with Gasteiger partial charge in [0.25, 0.3) is 0 Å². The number of thiophene rings is 1. The molecule has 1 aromatic carbocycles. The molecule has 1 heterocycles. The van der Waals surface area contributed by atoms with Gasteiger partial charge in [-0.1, -0.05) is 18.2 Å². The Labute approximate surface area is 120 Å². The Morgan fingerprint density at radius 3 is 2.75 bits per heavy atom. The number of halogens is 1. The van der Waals surface area contributed by atoms with Gasteiger partial charge < -0.3 is 5.32 Å². The predicted molar refractivity (Wildman–Crippen MR) is 77.2 cm³/mol. The molecule has 0 fully saturated rings. The SMILES string of the molecule is Cc1sc(NC(=O)Cc2ccccc2F)c(C#N)c1C. The van der Waals surface area contributed by atoms with E-state index in [0.717, 1.165) is 10.4 Å². The molecule has 2 aromatic rings. The zero-order chi connectivity index (χ0) is 14.7. The summed E-state index contributed by atoms with van der Waals surface area (Å²) in [6.07, 6.45) is -0.0481. The number of nitrogens with zero attached hydrogens (tertiary/aromatic N) is 1. The maximum absolute atomic E-state index is 13.5. The molecule has 0 atom stereocenters. The van der Waals surface area contributed by atoms with Crippen LogP contribution in [-0.4, -0.2) is 5.91 Å². The van der Waals surface area contributed by atoms with Gasteiger partial charge in [0.15, 0.2) is 0 Å². The Balaban J connectivity index is 2.16. The number of hydrogen-bond donors (Lipinski definition) is 1. The molecule has 0 bridgehead atoms. The Morgan fingerprint density at radius 2 is 2.10 bits per heavy atom. The molecule has 0 saturated heterocycles. The van der Waals surface area contributed by atoms with Crippen molar-refractivity contribution >= 4 is 22.2 Å². The first-order valence-corrected chi connectivity index (χ1v) is 6.88. The van der Waals surface area contributed by atoms with E-state index in [1.807, 2.05) is 13.8 Å². The molecule has 5 heteroatoms. The summed E-state index contributed by atoms with van der Waals surface area (Å²) < 4.78 is 13.5. The van der Waals surface area contributed by atoms with E-state index in [1.165, 1.54) is 17.4 Å². The normalized spacial score (nSPS) is 10.1. The van der Waals surface area contributed by atoms with E-state index in [-0.39, 0.29) is 12.3 Å². The topological polar surface area (TPSA) is 52.9 Å². The Morgan fingerprint density at radius 1 is 1.40 bits per heavy atom. The molecule has 0 radical (unpaired) electrons. The van der Waals surface area contributed by atoms with Crippen LogP contribution in [0.4, 0.5) is 9.39 Å². The van der Waals surface area contributed by atoms with Crippen LogP contribution in [-0.2, 0) is 11.2 Å². The lowest BCUT2D eigenvalue weighted by molar-refractivity contribution is -0.115. The van der Waals surface area contributed by atoms with Gasteiger partial charge in [-0.3, -0.25) is 4.79 Å². The van der Waals surface area contributed by atoms with Crippen LogP contribution < -0.4 is 5.32 Å². The van der Waals surface area contributed by atoms with Crippen molar-refractivity contribution < 1.29 is 9.18 Å². The van der Waals surface area contributed by atoms with Crippen molar-refractivity contribution in [2.75, 3.05) is 5.32 Å². The number of rotatable bonds is 3. The first kappa shape index (κ1) is 14.2. The average molecular weight is 288 g/mol. The molecule has 1 N–H and O–H groups in total. The third-order valence-corrected chi connectivity index (χ3v) is 4.18. The molecule has 3 nitrogen and oxygen atoms in total. The molecular weight excluding hydrogens is 275 g/mol. The average Bonchev–Trinajstić information content (AvgIpc) is 2.67. The van der Waals surface area contributed by atoms with Crippen molar-refractivity contribution in [3.05, 3.63) is 51.7 Å². The van der Waals surface area contributed by atoms with Crippen LogP contribution in [0.5, 0.6) is 0 Å². The molecule has 102 valence electrons. The van der Waals surface area contributed by atoms with Crippen LogP contribution >= 0.6 is 11.3 Å². The number of nitrogens with one attached hydrogen (secondary N) is 1. The molecule has 0 aliphatic carbocycles. The molecule has 2 rings (SSSR count). The van der Waals surface area contributed by atoms with Gasteiger partial charge in [-0.15, -0.1) is 11.3 Å². The van der Waals surface area contributed by atoms with Gasteiger partial charge in [-0.2, -0.15) is 5.26 Å². The van der Waals surface area contributed by atoms with Gasteiger partial charge >= 0.3 is 0 Å². The Bertz CT molecular complexity index is 700. The third-order valence-electron chi connectivity index (χ3n) is 3.06. The van der Waals surface area contributed by atoms with Gasteiger partial charge in [0.1, 0.15) is 16.9 Å². The second kappa shape index (κ2) is 5.85. The largest absolute Gasteiger partial charge is 0.316 e. The summed E-state index contributed by atoms with van der Waals surface area (Å²) in [6.45, 7) is 3.74. The van der Waals surface area contributed by atoms with E-state index in [0.29, 0.717) is 16.1 Å². The number of nitriles is 1. The highest BCUT2D eigenvalue weighted by Crippen LogP contribution is 2.31. The van der Waals surface area contributed by atoms with Gasteiger partial charge in [0, 0.05) is 4.88 Å². The van der Waals surface area contributed by atoms with E-state index in [4.69, 9.17) is 5.26 Å². The van der Waals surface area contributed by atoms with Gasteiger partial charge in [-0.25, -0.2) is 4.39 Å². The molecule has 0 aliphatic rings. The van der Waals surface area contributed by atoms with Gasteiger partial charge in [0.2, 0.25) is 5.91 Å². The number of carbonyl (C=O) groups excluding carboxylic acids is 1. The van der Waals surface area contributed by atoms with Crippen LogP contribution in [0, 0.1) is 31.0 Å². The van der Waals surface area contributed by atoms with E-state index in [2.05, 4.69) is 11.4 Å². The molecule has 20 heavy (non-hydrogen) atoms. The van der Waals surface area contributed by atoms with Crippen LogP contribution in [0.1, 0.15) is 21.6 Å². The molecular formula is C15H13FN2OS. The summed E-state index contributed by atoms with van der Waals surface area (Å²) in [5.41, 5.74) is 1.70. The highest BCUT2D eigenvalue weighted by Gasteiger charge is 2.15. The summed E-state index contributed by atoms with van der Waals surface area (Å²) in [6, 6.07) is 8.25. The van der Waals surface area contributed by atoms with Crippen molar-refractivity contribution in [3.8, 4) is 6.07 Å². The van der Waals surface area contributed by atoms with Crippen molar-refractivity contribution in [1.82, 2.24) is 0 Å². The maximum atomic E-state index is 13.5. The summed E-state index contributed by atoms with van der Waals surface area (Å²) in [7, 11) is 0. The second-order valence-electron chi connectivity index (χ2n) is 4.42. The fourth-order valence-corrected chi connectivity index (χ4v) is 2.86. The minimum Gasteiger partial charge on any atom is -0.316 e. The predicted octanol–water partition coefficient (Wildman–Crippen LogP) is 3.56. The lowest BCUT2D eigenvalue weighted by atomic mass is 10.1. The quantitative estimate of drug-likeness (QED) is 0.939. The summed E-state index contributed by atoms with van der Waals surface area (Å²) in [4.78, 5) is 12.9. The summed E-state index contributed by atoms with van der Waals surface area (Å²) >= 11 is 1.36. The zero-order valence-corrected chi connectivity index (χ0v) is 12.0. The monoisotopic (exact) mass is 288 g/mol. The minimum atomic E-state index is -0.401. The lowest BCUT2D eigenvalue weighted by Crippen LogP contribution is -2.15. The Hall–Kier alpha value is -2.19. The van der Waals surface area contributed by atoms with Crippen molar-refractivity contribution in [2.45, 2.75) is 20.3 Å². The van der Waals surface area contributed by atoms with E-state index < -0.39 is 5.82 Å². The Kier molecular flexibility index (Phi) is 4.16.